The third kappa shape index (κ3) is 3.92. The van der Waals surface area contributed by atoms with Gasteiger partial charge < -0.3 is 5.73 Å². The van der Waals surface area contributed by atoms with Crippen molar-refractivity contribution in [3.05, 3.63) is 65.7 Å². The fraction of sp³-hybridized carbons (Fsp3) is 0.250. The lowest BCUT2D eigenvalue weighted by atomic mass is 10.00. The molecule has 0 bridgehead atoms. The number of sulfone groups is 1. The monoisotopic (exact) mass is 289 g/mol. The molecule has 1 atom stereocenters. The van der Waals surface area contributed by atoms with E-state index in [1.165, 1.54) is 11.8 Å². The molecule has 2 N–H and O–H groups in total. The van der Waals surface area contributed by atoms with Gasteiger partial charge in [-0.2, -0.15) is 0 Å². The standard InChI is InChI=1S/C16H19NO2S/c1-20(18,19)15-10-8-14(9-11-15)16(17)12-7-13-5-3-2-4-6-13/h2-6,8-11,16H,7,12,17H2,1H3. The number of hydrogen-bond acceptors (Lipinski definition) is 3. The normalized spacial score (nSPS) is 13.1. The fourth-order valence-corrected chi connectivity index (χ4v) is 2.73. The highest BCUT2D eigenvalue weighted by molar-refractivity contribution is 7.90. The van der Waals surface area contributed by atoms with Crippen molar-refractivity contribution in [2.45, 2.75) is 23.8 Å². The summed E-state index contributed by atoms with van der Waals surface area (Å²) in [5.74, 6) is 0. The van der Waals surface area contributed by atoms with Gasteiger partial charge in [-0.15, -0.1) is 0 Å². The molecular formula is C16H19NO2S. The van der Waals surface area contributed by atoms with Crippen LogP contribution >= 0.6 is 0 Å². The van der Waals surface area contributed by atoms with Crippen LogP contribution < -0.4 is 5.73 Å². The molecule has 0 radical (unpaired) electrons. The van der Waals surface area contributed by atoms with E-state index in [0.717, 1.165) is 18.4 Å². The predicted octanol–water partition coefficient (Wildman–Crippen LogP) is 2.72. The molecule has 2 rings (SSSR count). The van der Waals surface area contributed by atoms with Crippen molar-refractivity contribution in [3.63, 3.8) is 0 Å². The zero-order valence-corrected chi connectivity index (χ0v) is 12.3. The van der Waals surface area contributed by atoms with E-state index in [-0.39, 0.29) is 6.04 Å². The van der Waals surface area contributed by atoms with Crippen molar-refractivity contribution in [1.29, 1.82) is 0 Å². The minimum absolute atomic E-state index is 0.0798. The molecule has 2 aromatic rings. The Labute approximate surface area is 120 Å². The minimum atomic E-state index is -3.14. The number of nitrogens with two attached hydrogens (primary N) is 1. The Hall–Kier alpha value is -1.65. The summed E-state index contributed by atoms with van der Waals surface area (Å²) in [6.45, 7) is 0. The molecule has 0 saturated heterocycles. The molecule has 0 aromatic heterocycles. The Morgan fingerprint density at radius 1 is 1.00 bits per heavy atom. The summed E-state index contributed by atoms with van der Waals surface area (Å²) in [6.07, 6.45) is 2.95. The Balaban J connectivity index is 2.01. The van der Waals surface area contributed by atoms with E-state index in [9.17, 15) is 8.42 Å². The first kappa shape index (κ1) is 14.8. The van der Waals surface area contributed by atoms with Gasteiger partial charge in [-0.25, -0.2) is 8.42 Å². The average molecular weight is 289 g/mol. The molecular weight excluding hydrogens is 270 g/mol. The number of aryl methyl sites for hydroxylation is 1. The first-order chi connectivity index (χ1) is 9.47. The molecule has 0 saturated carbocycles. The molecule has 0 aliphatic carbocycles. The minimum Gasteiger partial charge on any atom is -0.324 e. The summed E-state index contributed by atoms with van der Waals surface area (Å²) in [7, 11) is -3.14. The smallest absolute Gasteiger partial charge is 0.175 e. The molecule has 0 fully saturated rings. The van der Waals surface area contributed by atoms with Gasteiger partial charge in [0.15, 0.2) is 9.84 Å². The summed E-state index contributed by atoms with van der Waals surface area (Å²) < 4.78 is 22.8. The average Bonchev–Trinajstić information content (AvgIpc) is 2.45. The van der Waals surface area contributed by atoms with Crippen molar-refractivity contribution in [3.8, 4) is 0 Å². The van der Waals surface area contributed by atoms with Crippen LogP contribution in [0.5, 0.6) is 0 Å². The van der Waals surface area contributed by atoms with Crippen LogP contribution in [-0.2, 0) is 16.3 Å². The Bertz CT molecular complexity index is 649. The first-order valence-corrected chi connectivity index (χ1v) is 8.45. The van der Waals surface area contributed by atoms with Crippen molar-refractivity contribution < 1.29 is 8.42 Å². The quantitative estimate of drug-likeness (QED) is 0.920. The Kier molecular flexibility index (Phi) is 4.57. The van der Waals surface area contributed by atoms with E-state index < -0.39 is 9.84 Å². The number of benzene rings is 2. The summed E-state index contributed by atoms with van der Waals surface area (Å²) in [5.41, 5.74) is 8.38. The van der Waals surface area contributed by atoms with Gasteiger partial charge in [0.25, 0.3) is 0 Å². The second kappa shape index (κ2) is 6.20. The van der Waals surface area contributed by atoms with Crippen molar-refractivity contribution in [2.24, 2.45) is 5.73 Å². The first-order valence-electron chi connectivity index (χ1n) is 6.56. The fourth-order valence-electron chi connectivity index (χ4n) is 2.10. The second-order valence-corrected chi connectivity index (χ2v) is 6.99. The topological polar surface area (TPSA) is 60.2 Å². The van der Waals surface area contributed by atoms with Gasteiger partial charge in [-0.3, -0.25) is 0 Å². The van der Waals surface area contributed by atoms with Gasteiger partial charge >= 0.3 is 0 Å². The highest BCUT2D eigenvalue weighted by Gasteiger charge is 2.10. The molecule has 20 heavy (non-hydrogen) atoms. The summed E-state index contributed by atoms with van der Waals surface area (Å²) in [4.78, 5) is 0.330. The lowest BCUT2D eigenvalue weighted by molar-refractivity contribution is 0.601. The van der Waals surface area contributed by atoms with Crippen LogP contribution in [0.3, 0.4) is 0 Å². The van der Waals surface area contributed by atoms with Crippen molar-refractivity contribution in [2.75, 3.05) is 6.26 Å². The lowest BCUT2D eigenvalue weighted by Gasteiger charge is -2.12. The lowest BCUT2D eigenvalue weighted by Crippen LogP contribution is -2.11. The maximum atomic E-state index is 11.4. The van der Waals surface area contributed by atoms with Crippen LogP contribution in [0.2, 0.25) is 0 Å². The van der Waals surface area contributed by atoms with Gasteiger partial charge in [0.2, 0.25) is 0 Å². The van der Waals surface area contributed by atoms with Crippen molar-refractivity contribution in [1.82, 2.24) is 0 Å². The Morgan fingerprint density at radius 2 is 1.60 bits per heavy atom. The highest BCUT2D eigenvalue weighted by atomic mass is 32.2. The number of rotatable bonds is 5. The van der Waals surface area contributed by atoms with Crippen LogP contribution in [0.15, 0.2) is 59.5 Å². The second-order valence-electron chi connectivity index (χ2n) is 4.97. The van der Waals surface area contributed by atoms with Crippen LogP contribution in [0.4, 0.5) is 0 Å². The maximum Gasteiger partial charge on any atom is 0.175 e. The highest BCUT2D eigenvalue weighted by Crippen LogP contribution is 2.19. The zero-order valence-electron chi connectivity index (χ0n) is 11.5. The Morgan fingerprint density at radius 3 is 2.15 bits per heavy atom. The van der Waals surface area contributed by atoms with Crippen LogP contribution in [-0.4, -0.2) is 14.7 Å². The summed E-state index contributed by atoms with van der Waals surface area (Å²) >= 11 is 0. The maximum absolute atomic E-state index is 11.4. The molecule has 2 aromatic carbocycles. The molecule has 1 unspecified atom stereocenters. The molecule has 0 amide bonds. The molecule has 0 heterocycles. The van der Waals surface area contributed by atoms with Crippen LogP contribution in [0, 0.1) is 0 Å². The van der Waals surface area contributed by atoms with E-state index in [1.807, 2.05) is 18.2 Å². The molecule has 4 heteroatoms. The molecule has 0 spiro atoms. The largest absolute Gasteiger partial charge is 0.324 e. The van der Waals surface area contributed by atoms with Gasteiger partial charge in [0.05, 0.1) is 4.90 Å². The van der Waals surface area contributed by atoms with Gasteiger partial charge in [0.1, 0.15) is 0 Å². The van der Waals surface area contributed by atoms with E-state index in [2.05, 4.69) is 12.1 Å². The van der Waals surface area contributed by atoms with E-state index >= 15 is 0 Å². The predicted molar refractivity (Wildman–Crippen MR) is 81.2 cm³/mol. The van der Waals surface area contributed by atoms with E-state index in [4.69, 9.17) is 5.73 Å². The SMILES string of the molecule is CS(=O)(=O)c1ccc(C(N)CCc2ccccc2)cc1. The molecule has 0 aliphatic rings. The van der Waals surface area contributed by atoms with Gasteiger partial charge in [-0.05, 0) is 36.1 Å². The third-order valence-electron chi connectivity index (χ3n) is 3.32. The van der Waals surface area contributed by atoms with E-state index in [1.54, 1.807) is 24.3 Å². The zero-order chi connectivity index (χ0) is 14.6. The molecule has 106 valence electrons. The van der Waals surface area contributed by atoms with Crippen molar-refractivity contribution >= 4 is 9.84 Å². The number of hydrogen-bond donors (Lipinski definition) is 1. The summed E-state index contributed by atoms with van der Waals surface area (Å²) in [6, 6.07) is 16.9. The van der Waals surface area contributed by atoms with Gasteiger partial charge in [-0.1, -0.05) is 42.5 Å². The molecule has 0 aliphatic heterocycles. The van der Waals surface area contributed by atoms with Gasteiger partial charge in [0, 0.05) is 12.3 Å². The summed E-state index contributed by atoms with van der Waals surface area (Å²) in [5, 5.41) is 0. The van der Waals surface area contributed by atoms with Crippen LogP contribution in [0.1, 0.15) is 23.6 Å². The third-order valence-corrected chi connectivity index (χ3v) is 4.45. The van der Waals surface area contributed by atoms with E-state index in [0.29, 0.717) is 4.90 Å². The van der Waals surface area contributed by atoms with Crippen LogP contribution in [0.25, 0.3) is 0 Å². The molecule has 3 nitrogen and oxygen atoms in total.